The van der Waals surface area contributed by atoms with Crippen LogP contribution in [0.15, 0.2) is 12.1 Å². The maximum Gasteiger partial charge on any atom is 0.249 e. The molecule has 1 aliphatic carbocycles. The summed E-state index contributed by atoms with van der Waals surface area (Å²) in [6.45, 7) is 3.27. The van der Waals surface area contributed by atoms with E-state index in [1.807, 2.05) is 0 Å². The van der Waals surface area contributed by atoms with E-state index in [2.05, 4.69) is 20.6 Å². The van der Waals surface area contributed by atoms with E-state index in [1.54, 1.807) is 18.9 Å². The third-order valence-corrected chi connectivity index (χ3v) is 5.49. The molecule has 1 amide bonds. The number of aliphatic hydroxyl groups excluding tert-OH is 1. The van der Waals surface area contributed by atoms with Gasteiger partial charge in [0.05, 0.1) is 11.8 Å². The molecule has 0 unspecified atom stereocenters. The third-order valence-electron chi connectivity index (χ3n) is 5.49. The second-order valence-electron chi connectivity index (χ2n) is 7.87. The predicted octanol–water partition coefficient (Wildman–Crippen LogP) is 3.86. The number of ether oxygens (including phenoxy) is 1. The normalized spacial score (nSPS) is 20.8. The second kappa shape index (κ2) is 12.5. The van der Waals surface area contributed by atoms with Crippen molar-refractivity contribution < 1.29 is 27.8 Å². The van der Waals surface area contributed by atoms with Crippen LogP contribution in [0.25, 0.3) is 0 Å². The van der Waals surface area contributed by atoms with Gasteiger partial charge in [-0.1, -0.05) is 14.9 Å². The van der Waals surface area contributed by atoms with Gasteiger partial charge in [0, 0.05) is 38.1 Å². The van der Waals surface area contributed by atoms with Gasteiger partial charge in [-0.3, -0.25) is 4.79 Å². The lowest BCUT2D eigenvalue weighted by Gasteiger charge is -2.38. The zero-order valence-electron chi connectivity index (χ0n) is 18.1. The topological polar surface area (TPSA) is 99.6 Å². The van der Waals surface area contributed by atoms with E-state index in [0.717, 1.165) is 0 Å². The maximum absolute atomic E-state index is 13.7. The average molecular weight is 538 g/mol. The Bertz CT molecular complexity index is 1040. The number of carbonyl (C=O) groups is 1. The minimum absolute atomic E-state index is 0. The van der Waals surface area contributed by atoms with Crippen LogP contribution in [0, 0.1) is 24.4 Å². The first-order chi connectivity index (χ1) is 14.6. The van der Waals surface area contributed by atoms with Crippen molar-refractivity contribution in [3.05, 3.63) is 35.3 Å². The summed E-state index contributed by atoms with van der Waals surface area (Å²) < 4.78 is 45.5. The molecule has 4 rings (SSSR count). The van der Waals surface area contributed by atoms with Crippen molar-refractivity contribution in [1.82, 2.24) is 9.97 Å². The summed E-state index contributed by atoms with van der Waals surface area (Å²) in [6.07, 6.45) is -0.287. The van der Waals surface area contributed by atoms with Gasteiger partial charge in [0.1, 0.15) is 17.8 Å². The number of aliphatic hydroxyl groups is 1. The highest BCUT2D eigenvalue weighted by Gasteiger charge is 2.37. The molecule has 0 spiro atoms. The van der Waals surface area contributed by atoms with E-state index in [1.165, 1.54) is 6.92 Å². The fraction of sp³-hybridized carbons (Fsp3) is 0.500. The Morgan fingerprint density at radius 3 is 2.34 bits per heavy atom. The number of benzene rings is 1. The first-order valence-electron chi connectivity index (χ1n) is 9.82. The number of aromatic nitrogens is 2. The largest absolute Gasteiger partial charge is 0.487 e. The van der Waals surface area contributed by atoms with Gasteiger partial charge in [-0.2, -0.15) is 32.0 Å². The second-order valence-corrected chi connectivity index (χ2v) is 7.87. The van der Waals surface area contributed by atoms with E-state index in [4.69, 9.17) is 4.74 Å². The van der Waals surface area contributed by atoms with Gasteiger partial charge in [-0.05, 0) is 13.8 Å². The lowest BCUT2D eigenvalue weighted by atomic mass is 9.89. The summed E-state index contributed by atoms with van der Waals surface area (Å²) in [5.41, 5.74) is 1.05. The van der Waals surface area contributed by atoms with Gasteiger partial charge in [0.2, 0.25) is 11.9 Å². The highest BCUT2D eigenvalue weighted by Crippen LogP contribution is 2.35. The van der Waals surface area contributed by atoms with Crippen LogP contribution in [-0.4, -0.2) is 52.3 Å². The molecule has 1 aromatic heterocycles. The Morgan fingerprint density at radius 1 is 1.14 bits per heavy atom. The summed E-state index contributed by atoms with van der Waals surface area (Å²) in [7, 11) is 1.68. The van der Waals surface area contributed by atoms with E-state index in [-0.39, 0.29) is 65.6 Å². The monoisotopic (exact) mass is 537 g/mol. The van der Waals surface area contributed by atoms with Gasteiger partial charge in [-0.25, -0.2) is 18.2 Å². The molecule has 8 nitrogen and oxygen atoms in total. The Labute approximate surface area is 217 Å². The number of anilines is 3. The lowest BCUT2D eigenvalue weighted by Crippen LogP contribution is -2.52. The zero-order chi connectivity index (χ0) is 22.4. The van der Waals surface area contributed by atoms with Crippen LogP contribution in [0.2, 0.25) is 0 Å². The highest BCUT2D eigenvalue weighted by molar-refractivity contribution is 7.59. The molecule has 1 aliphatic heterocycles. The van der Waals surface area contributed by atoms with Gasteiger partial charge < -0.3 is 25.4 Å². The minimum Gasteiger partial charge on any atom is -0.487 e. The number of hydrogen-bond donors (Lipinski definition) is 3. The van der Waals surface area contributed by atoms with Crippen molar-refractivity contribution in [3.63, 3.8) is 0 Å². The van der Waals surface area contributed by atoms with Crippen molar-refractivity contribution >= 4 is 50.4 Å². The van der Waals surface area contributed by atoms with E-state index in [0.29, 0.717) is 48.1 Å². The number of hydrogen-bond acceptors (Lipinski definition) is 7. The summed E-state index contributed by atoms with van der Waals surface area (Å²) in [6, 6.07) is 0.317. The molecule has 198 valence electrons. The molecule has 0 saturated heterocycles. The molecule has 0 radical (unpaired) electrons. The molecule has 1 fully saturated rings. The van der Waals surface area contributed by atoms with Gasteiger partial charge >= 0.3 is 0 Å². The molecule has 0 bridgehead atoms. The first kappa shape index (κ1) is 32.6. The lowest BCUT2D eigenvalue weighted by molar-refractivity contribution is -0.119. The third kappa shape index (κ3) is 6.44. The number of likely N-dealkylation sites (N-methyl/N-ethyl adjacent to an activating group) is 1. The molecule has 35 heavy (non-hydrogen) atoms. The Balaban J connectivity index is 0.00000289. The van der Waals surface area contributed by atoms with E-state index >= 15 is 0 Å². The SMILES string of the molecule is C.C.Cc1nc(NC2CC(Oc3cc(F)c(F)cc3F)C2)nc2c1NC(=O)[C@H]([C@H](C)O)N2C.S.S. The first-order valence-corrected chi connectivity index (χ1v) is 9.82. The van der Waals surface area contributed by atoms with Gasteiger partial charge in [-0.15, -0.1) is 0 Å². The molecule has 2 aliphatic rings. The fourth-order valence-electron chi connectivity index (χ4n) is 3.81. The van der Waals surface area contributed by atoms with Crippen LogP contribution in [-0.2, 0) is 4.79 Å². The molecule has 2 heterocycles. The molecular weight excluding hydrogens is 503 g/mol. The summed E-state index contributed by atoms with van der Waals surface area (Å²) >= 11 is 0. The predicted molar refractivity (Wildman–Crippen MR) is 141 cm³/mol. The number of nitrogens with zero attached hydrogens (tertiary/aromatic N) is 3. The van der Waals surface area contributed by atoms with Crippen molar-refractivity contribution in [2.24, 2.45) is 0 Å². The molecule has 1 aromatic carbocycles. The summed E-state index contributed by atoms with van der Waals surface area (Å²) in [4.78, 5) is 22.7. The number of amides is 1. The summed E-state index contributed by atoms with van der Waals surface area (Å²) in [5, 5.41) is 15.8. The fourth-order valence-corrected chi connectivity index (χ4v) is 3.81. The van der Waals surface area contributed by atoms with Crippen molar-refractivity contribution in [3.8, 4) is 5.75 Å². The molecule has 1 saturated carbocycles. The van der Waals surface area contributed by atoms with Crippen LogP contribution in [0.3, 0.4) is 0 Å². The number of carbonyl (C=O) groups excluding carboxylic acids is 1. The number of rotatable bonds is 5. The van der Waals surface area contributed by atoms with Crippen molar-refractivity contribution in [1.29, 1.82) is 0 Å². The summed E-state index contributed by atoms with van der Waals surface area (Å²) in [5.74, 6) is -3.23. The molecule has 13 heteroatoms. The Morgan fingerprint density at radius 2 is 1.74 bits per heavy atom. The van der Waals surface area contributed by atoms with Gasteiger partial charge in [0.25, 0.3) is 0 Å². The van der Waals surface area contributed by atoms with Crippen LogP contribution < -0.4 is 20.3 Å². The maximum atomic E-state index is 13.7. The van der Waals surface area contributed by atoms with Crippen LogP contribution in [0.5, 0.6) is 5.75 Å². The van der Waals surface area contributed by atoms with Crippen LogP contribution in [0.1, 0.15) is 40.3 Å². The van der Waals surface area contributed by atoms with Gasteiger partial charge in [0.15, 0.2) is 29.0 Å². The zero-order valence-corrected chi connectivity index (χ0v) is 20.1. The van der Waals surface area contributed by atoms with E-state index < -0.39 is 29.6 Å². The number of nitrogens with one attached hydrogen (secondary N) is 2. The number of fused-ring (bicyclic) bond motifs is 1. The van der Waals surface area contributed by atoms with Crippen molar-refractivity contribution in [2.45, 2.75) is 65.8 Å². The Hall–Kier alpha value is -2.38. The quantitative estimate of drug-likeness (QED) is 0.498. The van der Waals surface area contributed by atoms with E-state index in [9.17, 15) is 23.1 Å². The smallest absolute Gasteiger partial charge is 0.249 e. The van der Waals surface area contributed by atoms with Crippen LogP contribution in [0.4, 0.5) is 30.6 Å². The number of halogens is 3. The highest BCUT2D eigenvalue weighted by atomic mass is 32.1. The molecule has 2 aromatic rings. The molecular formula is C22H34F3N5O3S2. The molecule has 2 atom stereocenters. The minimum atomic E-state index is -1.27. The standard InChI is InChI=1S/C20H22F3N5O3.2CH4.2H2S/c1-8-16-18(28(3)17(9(2)29)19(30)26-16)27-20(24-8)25-10-4-11(5-10)31-15-7-13(22)12(21)6-14(15)23;;;;/h6-7,9-11,17,29H,4-5H2,1-3H3,(H,26,30)(H,24,25,27);2*1H4;2*1H2/t9-,10?,11?,17-;;;;/m0..../s1. The average Bonchev–Trinajstić information content (AvgIpc) is 2.65. The van der Waals surface area contributed by atoms with Crippen molar-refractivity contribution in [2.75, 3.05) is 22.6 Å². The number of aryl methyl sites for hydroxylation is 1. The Kier molecular flexibility index (Phi) is 11.7. The molecule has 3 N–H and O–H groups in total. The van der Waals surface area contributed by atoms with Crippen LogP contribution >= 0.6 is 27.0 Å².